The highest BCUT2D eigenvalue weighted by Gasteiger charge is 2.15. The van der Waals surface area contributed by atoms with Crippen LogP contribution in [0.5, 0.6) is 0 Å². The molecule has 0 aromatic heterocycles. The maximum Gasteiger partial charge on any atom is 0.337 e. The van der Waals surface area contributed by atoms with Crippen LogP contribution in [-0.2, 0) is 11.3 Å². The number of nitrogens with zero attached hydrogens (tertiary/aromatic N) is 1. The van der Waals surface area contributed by atoms with Gasteiger partial charge in [0.2, 0.25) is 0 Å². The number of methoxy groups -OCH3 is 1. The molecule has 1 heterocycles. The number of carbonyl (C=O) groups excluding carboxylic acids is 1. The van der Waals surface area contributed by atoms with Crippen molar-refractivity contribution < 1.29 is 9.53 Å². The number of piperazine rings is 1. The summed E-state index contributed by atoms with van der Waals surface area (Å²) in [5.74, 6) is -0.280. The van der Waals surface area contributed by atoms with Gasteiger partial charge in [0.05, 0.1) is 12.7 Å². The molecule has 2 rings (SSSR count). The monoisotopic (exact) mass is 248 g/mol. The molecule has 0 bridgehead atoms. The lowest BCUT2D eigenvalue weighted by Gasteiger charge is -2.31. The first-order valence-corrected chi connectivity index (χ1v) is 6.32. The van der Waals surface area contributed by atoms with Gasteiger partial charge in [-0.1, -0.05) is 12.1 Å². The molecule has 18 heavy (non-hydrogen) atoms. The third kappa shape index (κ3) is 3.31. The Bertz CT molecular complexity index is 403. The van der Waals surface area contributed by atoms with Gasteiger partial charge in [0.25, 0.3) is 0 Å². The number of ether oxygens (including phenoxy) is 1. The van der Waals surface area contributed by atoms with E-state index in [4.69, 9.17) is 0 Å². The second kappa shape index (κ2) is 5.98. The van der Waals surface area contributed by atoms with Crippen molar-refractivity contribution in [1.82, 2.24) is 10.2 Å². The van der Waals surface area contributed by atoms with Gasteiger partial charge in [0.15, 0.2) is 0 Å². The van der Waals surface area contributed by atoms with Gasteiger partial charge >= 0.3 is 5.97 Å². The Morgan fingerprint density at radius 2 is 2.17 bits per heavy atom. The Morgan fingerprint density at radius 1 is 1.44 bits per heavy atom. The topological polar surface area (TPSA) is 41.6 Å². The predicted molar refractivity (Wildman–Crippen MR) is 70.5 cm³/mol. The Hall–Kier alpha value is -1.39. The SMILES string of the molecule is COC(=O)c1ccc(CN2CCNC(C)C2)cc1. The molecule has 1 aliphatic rings. The van der Waals surface area contributed by atoms with Gasteiger partial charge in [-0.3, -0.25) is 4.90 Å². The third-order valence-electron chi connectivity index (χ3n) is 3.23. The first kappa shape index (κ1) is 13.1. The Labute approximate surface area is 108 Å². The standard InChI is InChI=1S/C14H20N2O2/c1-11-9-16(8-7-15-11)10-12-3-5-13(6-4-12)14(17)18-2/h3-6,11,15H,7-10H2,1-2H3. The Balaban J connectivity index is 1.95. The molecule has 1 atom stereocenters. The molecule has 1 aromatic carbocycles. The van der Waals surface area contributed by atoms with Crippen LogP contribution in [0.4, 0.5) is 0 Å². The highest BCUT2D eigenvalue weighted by atomic mass is 16.5. The molecule has 1 fully saturated rings. The summed E-state index contributed by atoms with van der Waals surface area (Å²) in [5.41, 5.74) is 1.84. The van der Waals surface area contributed by atoms with Crippen LogP contribution in [-0.4, -0.2) is 43.7 Å². The molecule has 0 aliphatic carbocycles. The number of nitrogens with one attached hydrogen (secondary N) is 1. The van der Waals surface area contributed by atoms with Gasteiger partial charge < -0.3 is 10.1 Å². The van der Waals surface area contributed by atoms with Crippen molar-refractivity contribution in [1.29, 1.82) is 0 Å². The van der Waals surface area contributed by atoms with E-state index in [9.17, 15) is 4.79 Å². The van der Waals surface area contributed by atoms with Crippen LogP contribution in [0.25, 0.3) is 0 Å². The molecule has 0 amide bonds. The lowest BCUT2D eigenvalue weighted by Crippen LogP contribution is -2.48. The van der Waals surface area contributed by atoms with Crippen molar-refractivity contribution in [3.63, 3.8) is 0 Å². The second-order valence-electron chi connectivity index (χ2n) is 4.78. The van der Waals surface area contributed by atoms with Gasteiger partial charge in [-0.25, -0.2) is 4.79 Å². The fourth-order valence-electron chi connectivity index (χ4n) is 2.28. The van der Waals surface area contributed by atoms with E-state index in [-0.39, 0.29) is 5.97 Å². The first-order valence-electron chi connectivity index (χ1n) is 6.32. The van der Waals surface area contributed by atoms with Crippen molar-refractivity contribution >= 4 is 5.97 Å². The van der Waals surface area contributed by atoms with Crippen LogP contribution >= 0.6 is 0 Å². The normalized spacial score (nSPS) is 20.7. The van der Waals surface area contributed by atoms with E-state index in [2.05, 4.69) is 21.9 Å². The molecule has 4 heteroatoms. The van der Waals surface area contributed by atoms with E-state index in [0.717, 1.165) is 26.2 Å². The molecule has 1 N–H and O–H groups in total. The van der Waals surface area contributed by atoms with Gasteiger partial charge in [-0.2, -0.15) is 0 Å². The quantitative estimate of drug-likeness (QED) is 0.818. The minimum atomic E-state index is -0.280. The molecule has 98 valence electrons. The van der Waals surface area contributed by atoms with Crippen LogP contribution in [0.1, 0.15) is 22.8 Å². The summed E-state index contributed by atoms with van der Waals surface area (Å²) in [6.45, 7) is 6.32. The predicted octanol–water partition coefficient (Wildman–Crippen LogP) is 1.27. The van der Waals surface area contributed by atoms with E-state index in [1.165, 1.54) is 12.7 Å². The highest BCUT2D eigenvalue weighted by Crippen LogP contribution is 2.10. The average Bonchev–Trinajstić information content (AvgIpc) is 2.39. The zero-order chi connectivity index (χ0) is 13.0. The summed E-state index contributed by atoms with van der Waals surface area (Å²) in [6.07, 6.45) is 0. The smallest absolute Gasteiger partial charge is 0.337 e. The largest absolute Gasteiger partial charge is 0.465 e. The molecule has 0 spiro atoms. The van der Waals surface area contributed by atoms with E-state index in [1.54, 1.807) is 0 Å². The van der Waals surface area contributed by atoms with E-state index in [0.29, 0.717) is 11.6 Å². The van der Waals surface area contributed by atoms with Gasteiger partial charge in [-0.15, -0.1) is 0 Å². The lowest BCUT2D eigenvalue weighted by molar-refractivity contribution is 0.0600. The van der Waals surface area contributed by atoms with Crippen molar-refractivity contribution in [2.75, 3.05) is 26.7 Å². The van der Waals surface area contributed by atoms with Crippen LogP contribution in [0.3, 0.4) is 0 Å². The summed E-state index contributed by atoms with van der Waals surface area (Å²) >= 11 is 0. The summed E-state index contributed by atoms with van der Waals surface area (Å²) < 4.78 is 4.68. The van der Waals surface area contributed by atoms with E-state index in [1.807, 2.05) is 24.3 Å². The lowest BCUT2D eigenvalue weighted by atomic mass is 10.1. The fraction of sp³-hybridized carbons (Fsp3) is 0.500. The van der Waals surface area contributed by atoms with Gasteiger partial charge in [0, 0.05) is 32.2 Å². The minimum absolute atomic E-state index is 0.280. The van der Waals surface area contributed by atoms with Gasteiger partial charge in [0.1, 0.15) is 0 Å². The average molecular weight is 248 g/mol. The maximum atomic E-state index is 11.3. The zero-order valence-corrected chi connectivity index (χ0v) is 11.0. The fourth-order valence-corrected chi connectivity index (χ4v) is 2.28. The number of benzene rings is 1. The minimum Gasteiger partial charge on any atom is -0.465 e. The van der Waals surface area contributed by atoms with E-state index >= 15 is 0 Å². The highest BCUT2D eigenvalue weighted by molar-refractivity contribution is 5.89. The summed E-state index contributed by atoms with van der Waals surface area (Å²) in [7, 11) is 1.40. The van der Waals surface area contributed by atoms with Crippen molar-refractivity contribution in [2.24, 2.45) is 0 Å². The molecule has 1 unspecified atom stereocenters. The van der Waals surface area contributed by atoms with E-state index < -0.39 is 0 Å². The summed E-state index contributed by atoms with van der Waals surface area (Å²) in [4.78, 5) is 13.7. The number of esters is 1. The molecular weight excluding hydrogens is 228 g/mol. The molecular formula is C14H20N2O2. The molecule has 4 nitrogen and oxygen atoms in total. The summed E-state index contributed by atoms with van der Waals surface area (Å²) in [5, 5.41) is 3.43. The van der Waals surface area contributed by atoms with Crippen molar-refractivity contribution in [3.8, 4) is 0 Å². The second-order valence-corrected chi connectivity index (χ2v) is 4.78. The molecule has 1 aromatic rings. The zero-order valence-electron chi connectivity index (χ0n) is 11.0. The van der Waals surface area contributed by atoms with Gasteiger partial charge in [-0.05, 0) is 24.6 Å². The molecule has 0 radical (unpaired) electrons. The van der Waals surface area contributed by atoms with Crippen LogP contribution in [0, 0.1) is 0 Å². The van der Waals surface area contributed by atoms with Crippen LogP contribution in [0.15, 0.2) is 24.3 Å². The summed E-state index contributed by atoms with van der Waals surface area (Å²) in [6, 6.07) is 8.20. The number of carbonyl (C=O) groups is 1. The van der Waals surface area contributed by atoms with Crippen molar-refractivity contribution in [2.45, 2.75) is 19.5 Å². The Morgan fingerprint density at radius 3 is 2.78 bits per heavy atom. The number of rotatable bonds is 3. The third-order valence-corrected chi connectivity index (χ3v) is 3.23. The first-order chi connectivity index (χ1) is 8.69. The van der Waals surface area contributed by atoms with Crippen molar-refractivity contribution in [3.05, 3.63) is 35.4 Å². The Kier molecular flexibility index (Phi) is 4.33. The molecule has 0 saturated carbocycles. The molecule has 1 saturated heterocycles. The maximum absolute atomic E-state index is 11.3. The number of hydrogen-bond donors (Lipinski definition) is 1. The number of hydrogen-bond acceptors (Lipinski definition) is 4. The van der Waals surface area contributed by atoms with Crippen LogP contribution in [0.2, 0.25) is 0 Å². The van der Waals surface area contributed by atoms with Crippen LogP contribution < -0.4 is 5.32 Å². The molecule has 1 aliphatic heterocycles.